The lowest BCUT2D eigenvalue weighted by Gasteiger charge is -2.19. The van der Waals surface area contributed by atoms with E-state index in [1.165, 1.54) is 45.4 Å². The first-order valence-corrected chi connectivity index (χ1v) is 7.63. The number of unbranched alkanes of at least 4 members (excludes halogenated alkanes) is 5. The van der Waals surface area contributed by atoms with Gasteiger partial charge >= 0.3 is 5.97 Å². The number of esters is 1. The molecular formula is C13H25IO2. The van der Waals surface area contributed by atoms with Gasteiger partial charge in [-0.25, -0.2) is 0 Å². The molecule has 0 aliphatic rings. The third-order valence-corrected chi connectivity index (χ3v) is 3.47. The van der Waals surface area contributed by atoms with Crippen molar-refractivity contribution in [3.63, 3.8) is 0 Å². The molecule has 0 bridgehead atoms. The predicted octanol–water partition coefficient (Wildman–Crippen LogP) is 4.49. The van der Waals surface area contributed by atoms with Crippen LogP contribution in [0.25, 0.3) is 0 Å². The molecule has 0 saturated heterocycles. The molecule has 0 aliphatic carbocycles. The molecule has 0 fully saturated rings. The fourth-order valence-corrected chi connectivity index (χ4v) is 2.23. The quantitative estimate of drug-likeness (QED) is 0.267. The average molecular weight is 340 g/mol. The van der Waals surface area contributed by atoms with Crippen LogP contribution in [0.2, 0.25) is 0 Å². The molecule has 3 heteroatoms. The van der Waals surface area contributed by atoms with Crippen molar-refractivity contribution in [2.75, 3.05) is 0 Å². The van der Waals surface area contributed by atoms with Gasteiger partial charge in [0.15, 0.2) is 0 Å². The van der Waals surface area contributed by atoms with E-state index >= 15 is 0 Å². The number of alkyl halides is 1. The van der Waals surface area contributed by atoms with Crippen LogP contribution in [-0.2, 0) is 9.53 Å². The molecule has 0 unspecified atom stereocenters. The minimum Gasteiger partial charge on any atom is -0.461 e. The molecule has 0 aromatic carbocycles. The Kier molecular flexibility index (Phi) is 10.5. The summed E-state index contributed by atoms with van der Waals surface area (Å²) < 4.78 is 5.69. The number of carbonyl (C=O) groups excluding carboxylic acids is 1. The van der Waals surface area contributed by atoms with Crippen LogP contribution in [-0.4, -0.2) is 16.0 Å². The van der Waals surface area contributed by atoms with Gasteiger partial charge in [-0.2, -0.15) is 0 Å². The number of carbonyl (C=O) groups is 1. The van der Waals surface area contributed by atoms with E-state index in [9.17, 15) is 4.79 Å². The number of ether oxygens (including phenoxy) is 1. The van der Waals surface area contributed by atoms with Gasteiger partial charge in [-0.1, -0.05) is 61.6 Å². The molecule has 2 nitrogen and oxygen atoms in total. The van der Waals surface area contributed by atoms with Crippen LogP contribution < -0.4 is 0 Å². The lowest BCUT2D eigenvalue weighted by atomic mass is 10.1. The Bertz CT molecular complexity index is 181. The van der Waals surface area contributed by atoms with E-state index in [4.69, 9.17) is 4.74 Å². The summed E-state index contributed by atoms with van der Waals surface area (Å²) in [4.78, 5) is 10.9. The number of rotatable bonds is 9. The van der Waals surface area contributed by atoms with Crippen molar-refractivity contribution in [3.05, 3.63) is 0 Å². The number of hydrogen-bond acceptors (Lipinski definition) is 2. The molecular weight excluding hydrogens is 315 g/mol. The van der Waals surface area contributed by atoms with E-state index in [1.54, 1.807) is 0 Å². The van der Waals surface area contributed by atoms with Crippen LogP contribution in [0.3, 0.4) is 0 Å². The monoisotopic (exact) mass is 340 g/mol. The zero-order valence-corrected chi connectivity index (χ0v) is 13.0. The van der Waals surface area contributed by atoms with Gasteiger partial charge in [0, 0.05) is 10.8 Å². The second-order valence-corrected chi connectivity index (χ2v) is 6.35. The lowest BCUT2D eigenvalue weighted by Crippen LogP contribution is -2.24. The van der Waals surface area contributed by atoms with Crippen LogP contribution in [0.5, 0.6) is 0 Å². The van der Waals surface area contributed by atoms with E-state index in [1.807, 2.05) is 0 Å². The van der Waals surface area contributed by atoms with Gasteiger partial charge in [0.25, 0.3) is 0 Å². The second kappa shape index (κ2) is 10.4. The van der Waals surface area contributed by atoms with Crippen LogP contribution in [0.15, 0.2) is 0 Å². The molecule has 0 rings (SSSR count). The smallest absolute Gasteiger partial charge is 0.302 e. The molecule has 2 atom stereocenters. The summed E-state index contributed by atoms with van der Waals surface area (Å²) in [5.41, 5.74) is 0. The topological polar surface area (TPSA) is 26.3 Å². The fourth-order valence-electron chi connectivity index (χ4n) is 1.72. The maximum atomic E-state index is 10.9. The zero-order chi connectivity index (χ0) is 12.4. The van der Waals surface area contributed by atoms with Crippen molar-refractivity contribution in [2.24, 2.45) is 0 Å². The van der Waals surface area contributed by atoms with Crippen molar-refractivity contribution < 1.29 is 9.53 Å². The Labute approximate surface area is 114 Å². The Morgan fingerprint density at radius 1 is 1.19 bits per heavy atom. The highest BCUT2D eigenvalue weighted by Crippen LogP contribution is 2.17. The summed E-state index contributed by atoms with van der Waals surface area (Å²) in [5, 5.41) is 0. The zero-order valence-electron chi connectivity index (χ0n) is 10.8. The normalized spacial score (nSPS) is 14.5. The standard InChI is InChI=1S/C13H25IO2/c1-4-5-6-7-8-9-10-13(11(2)14)16-12(3)15/h11,13H,4-10H2,1-3H3/t11-,13+/m0/s1. The Morgan fingerprint density at radius 3 is 2.25 bits per heavy atom. The van der Waals surface area contributed by atoms with E-state index in [-0.39, 0.29) is 12.1 Å². The highest BCUT2D eigenvalue weighted by atomic mass is 127. The summed E-state index contributed by atoms with van der Waals surface area (Å²) in [6.07, 6.45) is 8.84. The minimum atomic E-state index is -0.153. The molecule has 0 spiro atoms. The maximum absolute atomic E-state index is 10.9. The third-order valence-electron chi connectivity index (χ3n) is 2.67. The van der Waals surface area contributed by atoms with Crippen LogP contribution in [0.1, 0.15) is 65.7 Å². The third kappa shape index (κ3) is 9.43. The van der Waals surface area contributed by atoms with E-state index < -0.39 is 0 Å². The first-order valence-electron chi connectivity index (χ1n) is 6.39. The van der Waals surface area contributed by atoms with Gasteiger partial charge in [0.1, 0.15) is 6.10 Å². The summed E-state index contributed by atoms with van der Waals surface area (Å²) in [7, 11) is 0. The molecule has 96 valence electrons. The first kappa shape index (κ1) is 16.2. The molecule has 0 saturated carbocycles. The second-order valence-electron chi connectivity index (χ2n) is 4.38. The van der Waals surface area contributed by atoms with E-state index in [0.29, 0.717) is 3.92 Å². The highest BCUT2D eigenvalue weighted by Gasteiger charge is 2.16. The number of halogens is 1. The van der Waals surface area contributed by atoms with Gasteiger partial charge in [-0.3, -0.25) is 4.79 Å². The predicted molar refractivity (Wildman–Crippen MR) is 77.0 cm³/mol. The molecule has 0 radical (unpaired) electrons. The summed E-state index contributed by atoms with van der Waals surface area (Å²) in [6, 6.07) is 0. The van der Waals surface area contributed by atoms with Crippen molar-refractivity contribution >= 4 is 28.6 Å². The molecule has 0 N–H and O–H groups in total. The average Bonchev–Trinajstić information content (AvgIpc) is 2.20. The molecule has 0 aliphatic heterocycles. The fraction of sp³-hybridized carbons (Fsp3) is 0.923. The first-order chi connectivity index (χ1) is 7.57. The molecule has 0 amide bonds. The van der Waals surface area contributed by atoms with Crippen LogP contribution in [0.4, 0.5) is 0 Å². The van der Waals surface area contributed by atoms with Gasteiger partial charge < -0.3 is 4.74 Å². The Morgan fingerprint density at radius 2 is 1.75 bits per heavy atom. The van der Waals surface area contributed by atoms with Crippen molar-refractivity contribution in [3.8, 4) is 0 Å². The highest BCUT2D eigenvalue weighted by molar-refractivity contribution is 14.1. The summed E-state index contributed by atoms with van der Waals surface area (Å²) in [5.74, 6) is -0.153. The van der Waals surface area contributed by atoms with Crippen molar-refractivity contribution in [1.82, 2.24) is 0 Å². The van der Waals surface area contributed by atoms with Crippen LogP contribution >= 0.6 is 22.6 Å². The van der Waals surface area contributed by atoms with E-state index in [0.717, 1.165) is 6.42 Å². The summed E-state index contributed by atoms with van der Waals surface area (Å²) >= 11 is 2.34. The summed E-state index contributed by atoms with van der Waals surface area (Å²) in [6.45, 7) is 5.83. The van der Waals surface area contributed by atoms with Gasteiger partial charge in [-0.15, -0.1) is 0 Å². The molecule has 0 aromatic rings. The number of hydrogen-bond donors (Lipinski definition) is 0. The molecule has 0 aromatic heterocycles. The SMILES string of the molecule is CCCCCCCC[C@@H](OC(C)=O)[C@H](C)I. The molecule has 0 heterocycles. The molecule has 16 heavy (non-hydrogen) atoms. The maximum Gasteiger partial charge on any atom is 0.302 e. The van der Waals surface area contributed by atoms with Gasteiger partial charge in [-0.05, 0) is 19.8 Å². The van der Waals surface area contributed by atoms with Crippen molar-refractivity contribution in [1.29, 1.82) is 0 Å². The van der Waals surface area contributed by atoms with E-state index in [2.05, 4.69) is 36.4 Å². The van der Waals surface area contributed by atoms with Gasteiger partial charge in [0.05, 0.1) is 0 Å². The Hall–Kier alpha value is 0.200. The lowest BCUT2D eigenvalue weighted by molar-refractivity contribution is -0.146. The van der Waals surface area contributed by atoms with Gasteiger partial charge in [0.2, 0.25) is 0 Å². The Balaban J connectivity index is 3.56. The van der Waals surface area contributed by atoms with Crippen LogP contribution in [0, 0.1) is 0 Å². The minimum absolute atomic E-state index is 0.101. The van der Waals surface area contributed by atoms with Crippen molar-refractivity contribution in [2.45, 2.75) is 75.7 Å². The largest absolute Gasteiger partial charge is 0.461 e.